The minimum absolute atomic E-state index is 0.652. The van der Waals surface area contributed by atoms with Gasteiger partial charge in [-0.2, -0.15) is 0 Å². The number of hydrogen-bond acceptors (Lipinski definition) is 0. The Morgan fingerprint density at radius 1 is 1.50 bits per heavy atom. The third-order valence-electron chi connectivity index (χ3n) is 3.18. The van der Waals surface area contributed by atoms with Gasteiger partial charge in [-0.25, -0.2) is 0 Å². The summed E-state index contributed by atoms with van der Waals surface area (Å²) in [5.41, 5.74) is 2.14. The highest BCUT2D eigenvalue weighted by Gasteiger charge is 2.37. The fourth-order valence-electron chi connectivity index (χ4n) is 1.75. The monoisotopic (exact) mass is 166 g/mol. The fraction of sp³-hybridized carbons (Fsp3) is 0.833. The Morgan fingerprint density at radius 2 is 2.08 bits per heavy atom. The molecule has 0 saturated heterocycles. The number of allylic oxidation sites excluding steroid dienone is 1. The molecule has 0 bridgehead atoms. The van der Waals surface area contributed by atoms with Crippen LogP contribution in [0, 0.1) is 11.3 Å². The summed E-state index contributed by atoms with van der Waals surface area (Å²) >= 11 is 0. The molecule has 1 unspecified atom stereocenters. The summed E-state index contributed by atoms with van der Waals surface area (Å²) in [5.74, 6) is 0.743. The summed E-state index contributed by atoms with van der Waals surface area (Å²) in [7, 11) is 0. The maximum Gasteiger partial charge on any atom is -0.0234 e. The zero-order valence-electron chi connectivity index (χ0n) is 8.82. The predicted octanol–water partition coefficient (Wildman–Crippen LogP) is 4.17. The van der Waals surface area contributed by atoms with E-state index in [1.54, 1.807) is 0 Å². The lowest BCUT2D eigenvalue weighted by Gasteiger charge is -2.17. The normalized spacial score (nSPS) is 21.9. The van der Waals surface area contributed by atoms with Crippen molar-refractivity contribution in [3.8, 4) is 0 Å². The second-order valence-corrected chi connectivity index (χ2v) is 4.84. The number of hydrogen-bond donors (Lipinski definition) is 0. The zero-order chi connectivity index (χ0) is 9.19. The highest BCUT2D eigenvalue weighted by atomic mass is 14.4. The molecule has 0 aromatic carbocycles. The smallest absolute Gasteiger partial charge is 0.0234 e. The average Bonchev–Trinajstić information content (AvgIpc) is 2.68. The van der Waals surface area contributed by atoms with E-state index < -0.39 is 0 Å². The summed E-state index contributed by atoms with van der Waals surface area (Å²) in [6, 6.07) is 0. The molecule has 0 radical (unpaired) electrons. The molecule has 1 fully saturated rings. The minimum atomic E-state index is 0.652. The van der Waals surface area contributed by atoms with Crippen molar-refractivity contribution in [2.75, 3.05) is 0 Å². The molecule has 70 valence electrons. The Kier molecular flexibility index (Phi) is 2.98. The first-order valence-electron chi connectivity index (χ1n) is 5.25. The molecule has 1 aliphatic carbocycles. The van der Waals surface area contributed by atoms with Crippen molar-refractivity contribution in [2.24, 2.45) is 11.3 Å². The van der Waals surface area contributed by atoms with Gasteiger partial charge in [-0.3, -0.25) is 0 Å². The minimum Gasteiger partial charge on any atom is -0.0996 e. The molecule has 1 atom stereocenters. The van der Waals surface area contributed by atoms with Crippen LogP contribution in [0.4, 0.5) is 0 Å². The van der Waals surface area contributed by atoms with Gasteiger partial charge in [0.1, 0.15) is 0 Å². The average molecular weight is 166 g/mol. The molecule has 0 aliphatic heterocycles. The first-order chi connectivity index (χ1) is 5.57. The van der Waals surface area contributed by atoms with Gasteiger partial charge in [0.2, 0.25) is 0 Å². The van der Waals surface area contributed by atoms with Crippen LogP contribution >= 0.6 is 0 Å². The summed E-state index contributed by atoms with van der Waals surface area (Å²) in [6.45, 7) is 11.2. The van der Waals surface area contributed by atoms with E-state index in [4.69, 9.17) is 0 Å². The van der Waals surface area contributed by atoms with Gasteiger partial charge in [0, 0.05) is 0 Å². The number of rotatable bonds is 5. The van der Waals surface area contributed by atoms with Crippen LogP contribution in [0.2, 0.25) is 0 Å². The van der Waals surface area contributed by atoms with Gasteiger partial charge in [-0.15, -0.1) is 0 Å². The van der Waals surface area contributed by atoms with Gasteiger partial charge in [0.25, 0.3) is 0 Å². The van der Waals surface area contributed by atoms with E-state index in [0.29, 0.717) is 5.41 Å². The van der Waals surface area contributed by atoms with Gasteiger partial charge in [0.05, 0.1) is 0 Å². The predicted molar refractivity (Wildman–Crippen MR) is 55.2 cm³/mol. The standard InChI is InChI=1S/C12H22/c1-5-6-10(2)11(3)9-12(4)7-8-12/h10H,3,5-9H2,1-2,4H3. The van der Waals surface area contributed by atoms with E-state index in [1.165, 1.54) is 37.7 Å². The van der Waals surface area contributed by atoms with Crippen LogP contribution in [-0.2, 0) is 0 Å². The van der Waals surface area contributed by atoms with Crippen molar-refractivity contribution in [3.63, 3.8) is 0 Å². The van der Waals surface area contributed by atoms with E-state index in [1.807, 2.05) is 0 Å². The lowest BCUT2D eigenvalue weighted by Crippen LogP contribution is -2.03. The highest BCUT2D eigenvalue weighted by Crippen LogP contribution is 2.50. The van der Waals surface area contributed by atoms with E-state index >= 15 is 0 Å². The first-order valence-corrected chi connectivity index (χ1v) is 5.25. The molecule has 0 aromatic rings. The summed E-state index contributed by atoms with van der Waals surface area (Å²) in [6.07, 6.45) is 6.72. The van der Waals surface area contributed by atoms with Crippen LogP contribution < -0.4 is 0 Å². The third-order valence-corrected chi connectivity index (χ3v) is 3.18. The van der Waals surface area contributed by atoms with Crippen LogP contribution in [0.1, 0.15) is 52.9 Å². The molecule has 0 spiro atoms. The molecule has 1 rings (SSSR count). The lowest BCUT2D eigenvalue weighted by atomic mass is 9.89. The second kappa shape index (κ2) is 3.64. The molecule has 0 heterocycles. The van der Waals surface area contributed by atoms with Crippen molar-refractivity contribution in [2.45, 2.75) is 52.9 Å². The zero-order valence-corrected chi connectivity index (χ0v) is 8.82. The quantitative estimate of drug-likeness (QED) is 0.538. The lowest BCUT2D eigenvalue weighted by molar-refractivity contribution is 0.498. The first kappa shape index (κ1) is 9.83. The maximum atomic E-state index is 4.20. The van der Waals surface area contributed by atoms with Crippen molar-refractivity contribution >= 4 is 0 Å². The van der Waals surface area contributed by atoms with Crippen LogP contribution in [-0.4, -0.2) is 0 Å². The van der Waals surface area contributed by atoms with Gasteiger partial charge < -0.3 is 0 Å². The van der Waals surface area contributed by atoms with Crippen molar-refractivity contribution in [1.82, 2.24) is 0 Å². The Morgan fingerprint density at radius 3 is 2.50 bits per heavy atom. The SMILES string of the molecule is C=C(CC1(C)CC1)C(C)CCC. The van der Waals surface area contributed by atoms with E-state index in [-0.39, 0.29) is 0 Å². The Labute approximate surface area is 77.1 Å². The van der Waals surface area contributed by atoms with Crippen LogP contribution in [0.25, 0.3) is 0 Å². The van der Waals surface area contributed by atoms with E-state index in [0.717, 1.165) is 5.92 Å². The van der Waals surface area contributed by atoms with Crippen LogP contribution in [0.15, 0.2) is 12.2 Å². The molecule has 1 aliphatic rings. The third kappa shape index (κ3) is 2.66. The topological polar surface area (TPSA) is 0 Å². The molecule has 0 aromatic heterocycles. The van der Waals surface area contributed by atoms with Crippen molar-refractivity contribution in [1.29, 1.82) is 0 Å². The second-order valence-electron chi connectivity index (χ2n) is 4.84. The summed E-state index contributed by atoms with van der Waals surface area (Å²) < 4.78 is 0. The van der Waals surface area contributed by atoms with Gasteiger partial charge in [-0.1, -0.05) is 39.3 Å². The summed E-state index contributed by atoms with van der Waals surface area (Å²) in [5, 5.41) is 0. The molecule has 0 amide bonds. The molecule has 0 heteroatoms. The molecular weight excluding hydrogens is 144 g/mol. The molecule has 12 heavy (non-hydrogen) atoms. The molecule has 0 N–H and O–H groups in total. The fourth-order valence-corrected chi connectivity index (χ4v) is 1.75. The van der Waals surface area contributed by atoms with Gasteiger partial charge in [0.15, 0.2) is 0 Å². The van der Waals surface area contributed by atoms with Gasteiger partial charge >= 0.3 is 0 Å². The van der Waals surface area contributed by atoms with E-state index in [2.05, 4.69) is 27.4 Å². The Balaban J connectivity index is 2.27. The molecule has 1 saturated carbocycles. The molecular formula is C12H22. The summed E-state index contributed by atoms with van der Waals surface area (Å²) in [4.78, 5) is 0. The highest BCUT2D eigenvalue weighted by molar-refractivity contribution is 5.07. The Bertz CT molecular complexity index is 163. The van der Waals surface area contributed by atoms with Crippen molar-refractivity contribution in [3.05, 3.63) is 12.2 Å². The van der Waals surface area contributed by atoms with Crippen LogP contribution in [0.5, 0.6) is 0 Å². The van der Waals surface area contributed by atoms with Crippen LogP contribution in [0.3, 0.4) is 0 Å². The molecule has 0 nitrogen and oxygen atoms in total. The maximum absolute atomic E-state index is 4.20. The largest absolute Gasteiger partial charge is 0.0996 e. The van der Waals surface area contributed by atoms with Gasteiger partial charge in [-0.05, 0) is 37.0 Å². The van der Waals surface area contributed by atoms with E-state index in [9.17, 15) is 0 Å². The Hall–Kier alpha value is -0.260. The van der Waals surface area contributed by atoms with Crippen molar-refractivity contribution < 1.29 is 0 Å².